The second kappa shape index (κ2) is 6.68. The molecule has 26 heavy (non-hydrogen) atoms. The summed E-state index contributed by atoms with van der Waals surface area (Å²) >= 11 is 1.42. The van der Waals surface area contributed by atoms with Crippen molar-refractivity contribution in [3.05, 3.63) is 29.8 Å². The number of fused-ring (bicyclic) bond motifs is 1. The molecular formula is C19H26N2O3S2. The van der Waals surface area contributed by atoms with Crippen molar-refractivity contribution in [1.29, 1.82) is 0 Å². The fourth-order valence-corrected chi connectivity index (χ4v) is 7.05. The smallest absolute Gasteiger partial charge is 0.253 e. The number of thioether (sulfide) groups is 1. The van der Waals surface area contributed by atoms with E-state index in [1.165, 1.54) is 17.3 Å². The first kappa shape index (κ1) is 19.4. The van der Waals surface area contributed by atoms with E-state index in [4.69, 9.17) is 0 Å². The van der Waals surface area contributed by atoms with E-state index in [1.54, 1.807) is 0 Å². The van der Waals surface area contributed by atoms with Gasteiger partial charge in [-0.15, -0.1) is 0 Å². The molecule has 5 nitrogen and oxygen atoms in total. The molecule has 0 saturated carbocycles. The third kappa shape index (κ3) is 3.83. The number of nitrogens with zero attached hydrogens (tertiary/aromatic N) is 2. The zero-order valence-electron chi connectivity index (χ0n) is 15.9. The zero-order valence-corrected chi connectivity index (χ0v) is 17.5. The van der Waals surface area contributed by atoms with Gasteiger partial charge in [-0.25, -0.2) is 8.42 Å². The number of carbonyl (C=O) groups excluding carboxylic acids is 1. The Hall–Kier alpha value is -1.34. The largest absolute Gasteiger partial charge is 0.316 e. The zero-order chi connectivity index (χ0) is 19.3. The van der Waals surface area contributed by atoms with Crippen LogP contribution in [0.1, 0.15) is 46.1 Å². The van der Waals surface area contributed by atoms with Crippen LogP contribution in [-0.2, 0) is 14.6 Å². The molecule has 2 aliphatic rings. The lowest BCUT2D eigenvalue weighted by Gasteiger charge is -2.25. The van der Waals surface area contributed by atoms with E-state index < -0.39 is 15.3 Å². The van der Waals surface area contributed by atoms with Crippen molar-refractivity contribution in [2.75, 3.05) is 16.4 Å². The van der Waals surface area contributed by atoms with E-state index >= 15 is 0 Å². The predicted molar refractivity (Wildman–Crippen MR) is 109 cm³/mol. The molecule has 7 heteroatoms. The summed E-state index contributed by atoms with van der Waals surface area (Å²) in [5.74, 6) is 0.490. The lowest BCUT2D eigenvalue weighted by molar-refractivity contribution is -0.124. The minimum Gasteiger partial charge on any atom is -0.316 e. The number of hydrogen-bond donors (Lipinski definition) is 0. The van der Waals surface area contributed by atoms with Gasteiger partial charge in [0.25, 0.3) is 5.91 Å². The normalized spacial score (nSPS) is 26.5. The van der Waals surface area contributed by atoms with E-state index in [0.717, 1.165) is 5.69 Å². The van der Waals surface area contributed by atoms with E-state index in [-0.39, 0.29) is 28.7 Å². The highest BCUT2D eigenvalue weighted by molar-refractivity contribution is 8.16. The molecule has 0 spiro atoms. The molecule has 1 aromatic rings. The van der Waals surface area contributed by atoms with Crippen molar-refractivity contribution < 1.29 is 13.2 Å². The summed E-state index contributed by atoms with van der Waals surface area (Å²) in [5, 5.41) is 0.545. The van der Waals surface area contributed by atoms with Crippen molar-refractivity contribution in [3.8, 4) is 0 Å². The SMILES string of the molecule is CC(C)c1ccc(N2C(=NC(=O)C(C)(C)C)S[C@H]3CS(=O)(=O)C[C@@H]32)cc1. The standard InChI is InChI=1S/C19H26N2O3S2/c1-12(2)13-6-8-14(9-7-13)21-15-10-26(23,24)11-16(15)25-18(21)20-17(22)19(3,4)5/h6-9,12,15-16H,10-11H2,1-5H3/t15-,16-/m0/s1. The van der Waals surface area contributed by atoms with Crippen LogP contribution in [0.15, 0.2) is 29.3 Å². The molecule has 1 aromatic carbocycles. The Morgan fingerprint density at radius 1 is 1.19 bits per heavy atom. The van der Waals surface area contributed by atoms with Gasteiger partial charge in [0.2, 0.25) is 0 Å². The first-order valence-electron chi connectivity index (χ1n) is 8.87. The van der Waals surface area contributed by atoms with Crippen LogP contribution in [0.2, 0.25) is 0 Å². The first-order chi connectivity index (χ1) is 12.0. The molecule has 142 valence electrons. The second-order valence-corrected chi connectivity index (χ2v) is 11.7. The number of anilines is 1. The fraction of sp³-hybridized carbons (Fsp3) is 0.579. The Labute approximate surface area is 160 Å². The third-order valence-electron chi connectivity index (χ3n) is 4.74. The van der Waals surface area contributed by atoms with Crippen LogP contribution >= 0.6 is 11.8 Å². The van der Waals surface area contributed by atoms with Crippen molar-refractivity contribution in [3.63, 3.8) is 0 Å². The molecule has 0 bridgehead atoms. The van der Waals surface area contributed by atoms with Gasteiger partial charge in [-0.3, -0.25) is 4.79 Å². The molecule has 0 aromatic heterocycles. The summed E-state index contributed by atoms with van der Waals surface area (Å²) in [7, 11) is -3.05. The second-order valence-electron chi connectivity index (χ2n) is 8.37. The van der Waals surface area contributed by atoms with Gasteiger partial charge in [-0.1, -0.05) is 58.5 Å². The molecular weight excluding hydrogens is 368 g/mol. The van der Waals surface area contributed by atoms with Gasteiger partial charge in [0.15, 0.2) is 15.0 Å². The Balaban J connectivity index is 2.00. The Bertz CT molecular complexity index is 837. The first-order valence-corrected chi connectivity index (χ1v) is 11.6. The Morgan fingerprint density at radius 2 is 1.81 bits per heavy atom. The van der Waals surface area contributed by atoms with Crippen molar-refractivity contribution in [2.45, 2.75) is 51.8 Å². The average molecular weight is 395 g/mol. The topological polar surface area (TPSA) is 66.8 Å². The average Bonchev–Trinajstić information content (AvgIpc) is 2.97. The number of carbonyl (C=O) groups is 1. The van der Waals surface area contributed by atoms with Crippen LogP contribution in [0.3, 0.4) is 0 Å². The Kier molecular flexibility index (Phi) is 4.99. The number of rotatable bonds is 2. The van der Waals surface area contributed by atoms with Crippen molar-refractivity contribution in [1.82, 2.24) is 0 Å². The maximum atomic E-state index is 12.4. The summed E-state index contributed by atoms with van der Waals surface area (Å²) in [4.78, 5) is 18.8. The highest BCUT2D eigenvalue weighted by Gasteiger charge is 2.49. The van der Waals surface area contributed by atoms with Gasteiger partial charge >= 0.3 is 0 Å². The van der Waals surface area contributed by atoms with Crippen LogP contribution in [0.25, 0.3) is 0 Å². The van der Waals surface area contributed by atoms with E-state index in [0.29, 0.717) is 11.1 Å². The summed E-state index contributed by atoms with van der Waals surface area (Å²) in [5.41, 5.74) is 1.55. The van der Waals surface area contributed by atoms with Crippen LogP contribution in [-0.4, -0.2) is 42.3 Å². The van der Waals surface area contributed by atoms with Crippen LogP contribution in [0.5, 0.6) is 0 Å². The van der Waals surface area contributed by atoms with Crippen LogP contribution in [0.4, 0.5) is 5.69 Å². The van der Waals surface area contributed by atoms with E-state index in [1.807, 2.05) is 37.8 Å². The van der Waals surface area contributed by atoms with Gasteiger partial charge in [0, 0.05) is 16.4 Å². The minimum atomic E-state index is -3.05. The molecule has 0 N–H and O–H groups in total. The van der Waals surface area contributed by atoms with Gasteiger partial charge < -0.3 is 4.90 Å². The maximum Gasteiger partial charge on any atom is 0.253 e. The molecule has 2 heterocycles. The van der Waals surface area contributed by atoms with E-state index in [2.05, 4.69) is 31.0 Å². The lowest BCUT2D eigenvalue weighted by Crippen LogP contribution is -2.38. The molecule has 0 aliphatic carbocycles. The highest BCUT2D eigenvalue weighted by atomic mass is 32.2. The van der Waals surface area contributed by atoms with Gasteiger partial charge in [0.05, 0.1) is 17.5 Å². The molecule has 2 aliphatic heterocycles. The minimum absolute atomic E-state index is 0.0729. The van der Waals surface area contributed by atoms with Crippen molar-refractivity contribution >= 4 is 38.4 Å². The lowest BCUT2D eigenvalue weighted by atomic mass is 9.96. The molecule has 2 saturated heterocycles. The fourth-order valence-electron chi connectivity index (χ4n) is 3.14. The number of sulfone groups is 1. The maximum absolute atomic E-state index is 12.4. The number of aliphatic imine (C=N–C) groups is 1. The van der Waals surface area contributed by atoms with Gasteiger partial charge in [0.1, 0.15) is 0 Å². The van der Waals surface area contributed by atoms with E-state index in [9.17, 15) is 13.2 Å². The molecule has 1 amide bonds. The van der Waals surface area contributed by atoms with Crippen molar-refractivity contribution in [2.24, 2.45) is 10.4 Å². The Morgan fingerprint density at radius 3 is 2.35 bits per heavy atom. The number of benzene rings is 1. The highest BCUT2D eigenvalue weighted by Crippen LogP contribution is 2.41. The molecule has 2 fully saturated rings. The molecule has 2 atom stereocenters. The number of amidine groups is 1. The molecule has 0 radical (unpaired) electrons. The number of amides is 1. The predicted octanol–water partition coefficient (Wildman–Crippen LogP) is 3.46. The quantitative estimate of drug-likeness (QED) is 0.768. The molecule has 3 rings (SSSR count). The third-order valence-corrected chi connectivity index (χ3v) is 7.95. The summed E-state index contributed by atoms with van der Waals surface area (Å²) in [6.07, 6.45) is 0. The summed E-state index contributed by atoms with van der Waals surface area (Å²) in [6, 6.07) is 7.96. The van der Waals surface area contributed by atoms with Crippen LogP contribution < -0.4 is 4.90 Å². The number of hydrogen-bond acceptors (Lipinski definition) is 4. The summed E-state index contributed by atoms with van der Waals surface area (Å²) in [6.45, 7) is 9.79. The summed E-state index contributed by atoms with van der Waals surface area (Å²) < 4.78 is 24.2. The van der Waals surface area contributed by atoms with Crippen LogP contribution in [0, 0.1) is 5.41 Å². The molecule has 0 unspecified atom stereocenters. The van der Waals surface area contributed by atoms with Gasteiger partial charge in [-0.2, -0.15) is 4.99 Å². The monoisotopic (exact) mass is 394 g/mol. The van der Waals surface area contributed by atoms with Gasteiger partial charge in [-0.05, 0) is 23.6 Å².